The van der Waals surface area contributed by atoms with E-state index in [2.05, 4.69) is 20.9 Å². The molecule has 0 saturated carbocycles. The number of thiazole rings is 1. The van der Waals surface area contributed by atoms with Gasteiger partial charge in [0, 0.05) is 34.0 Å². The highest BCUT2D eigenvalue weighted by Crippen LogP contribution is 2.16. The third kappa shape index (κ3) is 3.48. The average molecular weight is 310 g/mol. The fourth-order valence-electron chi connectivity index (χ4n) is 1.54. The van der Waals surface area contributed by atoms with Crippen LogP contribution in [0.25, 0.3) is 0 Å². The van der Waals surface area contributed by atoms with Crippen LogP contribution in [0.4, 0.5) is 0 Å². The third-order valence-corrected chi connectivity index (χ3v) is 3.90. The SMILES string of the molecule is Cc1csc(CCC(=O)c2cccc(Br)c2)n1. The highest BCUT2D eigenvalue weighted by atomic mass is 79.9. The van der Waals surface area contributed by atoms with E-state index in [4.69, 9.17) is 0 Å². The molecule has 2 nitrogen and oxygen atoms in total. The fraction of sp³-hybridized carbons (Fsp3) is 0.231. The Balaban J connectivity index is 1.98. The Morgan fingerprint density at radius 3 is 2.94 bits per heavy atom. The molecule has 0 N–H and O–H groups in total. The summed E-state index contributed by atoms with van der Waals surface area (Å²) in [6, 6.07) is 7.50. The minimum atomic E-state index is 0.166. The Kier molecular flexibility index (Phi) is 4.07. The first kappa shape index (κ1) is 12.5. The number of aromatic nitrogens is 1. The van der Waals surface area contributed by atoms with Gasteiger partial charge in [-0.25, -0.2) is 4.98 Å². The van der Waals surface area contributed by atoms with Crippen LogP contribution in [0.2, 0.25) is 0 Å². The number of carbonyl (C=O) groups excluding carboxylic acids is 1. The highest BCUT2D eigenvalue weighted by molar-refractivity contribution is 9.10. The number of carbonyl (C=O) groups is 1. The standard InChI is InChI=1S/C13H12BrNOS/c1-9-8-17-13(15-9)6-5-12(16)10-3-2-4-11(14)7-10/h2-4,7-8H,5-6H2,1H3. The van der Waals surface area contributed by atoms with Crippen LogP contribution in [0.5, 0.6) is 0 Å². The zero-order valence-electron chi connectivity index (χ0n) is 9.44. The molecule has 1 aromatic heterocycles. The highest BCUT2D eigenvalue weighted by Gasteiger charge is 2.08. The van der Waals surface area contributed by atoms with Crippen LogP contribution in [-0.4, -0.2) is 10.8 Å². The Labute approximate surface area is 113 Å². The maximum atomic E-state index is 11.9. The van der Waals surface area contributed by atoms with E-state index in [1.807, 2.05) is 36.6 Å². The zero-order chi connectivity index (χ0) is 12.3. The molecular weight excluding hydrogens is 298 g/mol. The normalized spacial score (nSPS) is 10.5. The van der Waals surface area contributed by atoms with Gasteiger partial charge in [-0.2, -0.15) is 0 Å². The van der Waals surface area contributed by atoms with Gasteiger partial charge in [-0.1, -0.05) is 28.1 Å². The van der Waals surface area contributed by atoms with Gasteiger partial charge in [0.05, 0.1) is 5.01 Å². The van der Waals surface area contributed by atoms with E-state index in [-0.39, 0.29) is 5.78 Å². The molecule has 17 heavy (non-hydrogen) atoms. The van der Waals surface area contributed by atoms with Crippen molar-refractivity contribution >= 4 is 33.0 Å². The Bertz CT molecular complexity index is 536. The largest absolute Gasteiger partial charge is 0.294 e. The van der Waals surface area contributed by atoms with Crippen LogP contribution < -0.4 is 0 Å². The lowest BCUT2D eigenvalue weighted by atomic mass is 10.1. The molecule has 0 saturated heterocycles. The van der Waals surface area contributed by atoms with Gasteiger partial charge in [-0.15, -0.1) is 11.3 Å². The fourth-order valence-corrected chi connectivity index (χ4v) is 2.72. The van der Waals surface area contributed by atoms with Crippen molar-refractivity contribution < 1.29 is 4.79 Å². The molecule has 2 aromatic rings. The molecule has 1 heterocycles. The van der Waals surface area contributed by atoms with Crippen LogP contribution >= 0.6 is 27.3 Å². The summed E-state index contributed by atoms with van der Waals surface area (Å²) in [4.78, 5) is 16.3. The minimum absolute atomic E-state index is 0.166. The lowest BCUT2D eigenvalue weighted by Crippen LogP contribution is -2.00. The Morgan fingerprint density at radius 2 is 2.29 bits per heavy atom. The molecule has 0 aliphatic rings. The van der Waals surface area contributed by atoms with E-state index in [1.165, 1.54) is 0 Å². The third-order valence-electron chi connectivity index (χ3n) is 2.38. The molecule has 0 aliphatic heterocycles. The number of hydrogen-bond donors (Lipinski definition) is 0. The molecule has 0 aliphatic carbocycles. The van der Waals surface area contributed by atoms with Crippen molar-refractivity contribution in [1.29, 1.82) is 0 Å². The molecule has 88 valence electrons. The van der Waals surface area contributed by atoms with Gasteiger partial charge in [0.25, 0.3) is 0 Å². The van der Waals surface area contributed by atoms with Crippen molar-refractivity contribution in [3.8, 4) is 0 Å². The Hall–Kier alpha value is -1.00. The van der Waals surface area contributed by atoms with E-state index < -0.39 is 0 Å². The second-order valence-electron chi connectivity index (χ2n) is 3.82. The lowest BCUT2D eigenvalue weighted by molar-refractivity contribution is 0.0982. The summed E-state index contributed by atoms with van der Waals surface area (Å²) in [7, 11) is 0. The first-order valence-electron chi connectivity index (χ1n) is 5.35. The quantitative estimate of drug-likeness (QED) is 0.798. The van der Waals surface area contributed by atoms with E-state index in [0.29, 0.717) is 6.42 Å². The zero-order valence-corrected chi connectivity index (χ0v) is 11.8. The molecule has 0 amide bonds. The summed E-state index contributed by atoms with van der Waals surface area (Å²) >= 11 is 4.98. The van der Waals surface area contributed by atoms with Gasteiger partial charge in [0.1, 0.15) is 0 Å². The first-order chi connectivity index (χ1) is 8.15. The summed E-state index contributed by atoms with van der Waals surface area (Å²) in [5.74, 6) is 0.166. The molecule has 4 heteroatoms. The van der Waals surface area contributed by atoms with Crippen LogP contribution in [0.15, 0.2) is 34.1 Å². The lowest BCUT2D eigenvalue weighted by Gasteiger charge is -2.00. The molecule has 2 rings (SSSR count). The summed E-state index contributed by atoms with van der Waals surface area (Å²) in [6.07, 6.45) is 1.24. The molecule has 0 spiro atoms. The molecule has 0 fully saturated rings. The van der Waals surface area contributed by atoms with Crippen molar-refractivity contribution in [1.82, 2.24) is 4.98 Å². The predicted molar refractivity (Wildman–Crippen MR) is 73.6 cm³/mol. The van der Waals surface area contributed by atoms with Crippen molar-refractivity contribution in [3.63, 3.8) is 0 Å². The number of nitrogens with zero attached hydrogens (tertiary/aromatic N) is 1. The number of aryl methyl sites for hydroxylation is 2. The molecule has 0 radical (unpaired) electrons. The van der Waals surface area contributed by atoms with Crippen LogP contribution in [0.1, 0.15) is 27.5 Å². The van der Waals surface area contributed by atoms with Crippen LogP contribution in [0, 0.1) is 6.92 Å². The predicted octanol–water partition coefficient (Wildman–Crippen LogP) is 4.03. The first-order valence-corrected chi connectivity index (χ1v) is 7.02. The van der Waals surface area contributed by atoms with E-state index in [0.717, 1.165) is 27.2 Å². The van der Waals surface area contributed by atoms with Crippen LogP contribution in [0.3, 0.4) is 0 Å². The monoisotopic (exact) mass is 309 g/mol. The maximum absolute atomic E-state index is 11.9. The summed E-state index contributed by atoms with van der Waals surface area (Å²) in [5, 5.41) is 3.05. The van der Waals surface area contributed by atoms with Gasteiger partial charge in [0.2, 0.25) is 0 Å². The molecule has 0 bridgehead atoms. The van der Waals surface area contributed by atoms with Crippen molar-refractivity contribution in [3.05, 3.63) is 50.4 Å². The molecular formula is C13H12BrNOS. The van der Waals surface area contributed by atoms with Crippen molar-refractivity contribution in [2.45, 2.75) is 19.8 Å². The van der Waals surface area contributed by atoms with E-state index in [1.54, 1.807) is 11.3 Å². The summed E-state index contributed by atoms with van der Waals surface area (Å²) in [5.41, 5.74) is 1.78. The van der Waals surface area contributed by atoms with Gasteiger partial charge < -0.3 is 0 Å². The van der Waals surface area contributed by atoms with Gasteiger partial charge in [-0.3, -0.25) is 4.79 Å². The topological polar surface area (TPSA) is 30.0 Å². The second kappa shape index (κ2) is 5.56. The molecule has 0 unspecified atom stereocenters. The number of Topliss-reactive ketones (excluding diaryl/α,β-unsaturated/α-hetero) is 1. The molecule has 0 atom stereocenters. The smallest absolute Gasteiger partial charge is 0.163 e. The maximum Gasteiger partial charge on any atom is 0.163 e. The summed E-state index contributed by atoms with van der Waals surface area (Å²) < 4.78 is 0.938. The van der Waals surface area contributed by atoms with Crippen LogP contribution in [-0.2, 0) is 6.42 Å². The van der Waals surface area contributed by atoms with Crippen molar-refractivity contribution in [2.24, 2.45) is 0 Å². The number of rotatable bonds is 4. The second-order valence-corrected chi connectivity index (χ2v) is 5.67. The Morgan fingerprint density at radius 1 is 1.47 bits per heavy atom. The van der Waals surface area contributed by atoms with Gasteiger partial charge in [-0.05, 0) is 19.1 Å². The van der Waals surface area contributed by atoms with E-state index >= 15 is 0 Å². The van der Waals surface area contributed by atoms with E-state index in [9.17, 15) is 4.79 Å². The number of benzene rings is 1. The molecule has 1 aromatic carbocycles. The minimum Gasteiger partial charge on any atom is -0.294 e. The number of hydrogen-bond acceptors (Lipinski definition) is 3. The average Bonchev–Trinajstić information content (AvgIpc) is 2.72. The number of halogens is 1. The van der Waals surface area contributed by atoms with Gasteiger partial charge >= 0.3 is 0 Å². The van der Waals surface area contributed by atoms with Crippen molar-refractivity contribution in [2.75, 3.05) is 0 Å². The van der Waals surface area contributed by atoms with Gasteiger partial charge in [0.15, 0.2) is 5.78 Å². The summed E-state index contributed by atoms with van der Waals surface area (Å²) in [6.45, 7) is 1.97. The number of ketones is 1.